The summed E-state index contributed by atoms with van der Waals surface area (Å²) < 4.78 is 14.7. The minimum absolute atomic E-state index is 0.0336. The first kappa shape index (κ1) is 10.8. The summed E-state index contributed by atoms with van der Waals surface area (Å²) >= 11 is 0. The molecule has 1 N–H and O–H groups in total. The highest BCUT2D eigenvalue weighted by Crippen LogP contribution is 2.14. The Morgan fingerprint density at radius 2 is 2.29 bits per heavy atom. The summed E-state index contributed by atoms with van der Waals surface area (Å²) in [7, 11) is 0. The Kier molecular flexibility index (Phi) is 2.58. The van der Waals surface area contributed by atoms with Crippen LogP contribution in [-0.2, 0) is 0 Å². The second-order valence-corrected chi connectivity index (χ2v) is 3.26. The molecule has 0 aliphatic heterocycles. The molecule has 0 atom stereocenters. The fraction of sp³-hybridized carbons (Fsp3) is 0. The fourth-order valence-electron chi connectivity index (χ4n) is 1.33. The highest BCUT2D eigenvalue weighted by molar-refractivity contribution is 5.86. The van der Waals surface area contributed by atoms with Gasteiger partial charge in [0, 0.05) is 6.20 Å². The first-order valence-electron chi connectivity index (χ1n) is 4.60. The number of carboxylic acids is 1. The first-order valence-corrected chi connectivity index (χ1v) is 4.60. The average molecular weight is 231 g/mol. The van der Waals surface area contributed by atoms with E-state index in [4.69, 9.17) is 10.4 Å². The number of carboxylic acid groups (broad SMARTS) is 1. The summed E-state index contributed by atoms with van der Waals surface area (Å²) in [5.74, 6) is -1.77. The van der Waals surface area contributed by atoms with Crippen molar-refractivity contribution in [2.24, 2.45) is 0 Å². The molecular formula is C11H6FN3O2. The van der Waals surface area contributed by atoms with E-state index >= 15 is 0 Å². The summed E-state index contributed by atoms with van der Waals surface area (Å²) in [4.78, 5) is 10.6. The van der Waals surface area contributed by atoms with Crippen molar-refractivity contribution in [3.8, 4) is 11.8 Å². The molecule has 2 rings (SSSR count). The Balaban J connectivity index is 2.46. The number of nitrogens with zero attached hydrogens (tertiary/aromatic N) is 3. The summed E-state index contributed by atoms with van der Waals surface area (Å²) in [6.45, 7) is 0. The van der Waals surface area contributed by atoms with Crippen molar-refractivity contribution >= 4 is 5.97 Å². The molecule has 1 heterocycles. The zero-order chi connectivity index (χ0) is 12.4. The lowest BCUT2D eigenvalue weighted by molar-refractivity contribution is 0.0697. The maximum Gasteiger partial charge on any atom is 0.338 e. The van der Waals surface area contributed by atoms with Gasteiger partial charge in [0.2, 0.25) is 0 Å². The van der Waals surface area contributed by atoms with Gasteiger partial charge in [-0.15, -0.1) is 0 Å². The molecule has 1 aromatic carbocycles. The maximum absolute atomic E-state index is 13.6. The topological polar surface area (TPSA) is 78.9 Å². The number of hydrogen-bond acceptors (Lipinski definition) is 3. The van der Waals surface area contributed by atoms with E-state index in [1.807, 2.05) is 0 Å². The van der Waals surface area contributed by atoms with Crippen LogP contribution in [0.15, 0.2) is 30.6 Å². The normalized spacial score (nSPS) is 9.88. The zero-order valence-corrected chi connectivity index (χ0v) is 8.46. The van der Waals surface area contributed by atoms with E-state index in [1.54, 1.807) is 6.07 Å². The molecule has 0 saturated carbocycles. The van der Waals surface area contributed by atoms with Crippen LogP contribution in [0, 0.1) is 17.1 Å². The van der Waals surface area contributed by atoms with E-state index in [9.17, 15) is 9.18 Å². The molecule has 0 aliphatic rings. The zero-order valence-electron chi connectivity index (χ0n) is 8.46. The van der Waals surface area contributed by atoms with Gasteiger partial charge < -0.3 is 5.11 Å². The molecule has 5 nitrogen and oxygen atoms in total. The van der Waals surface area contributed by atoms with E-state index in [2.05, 4.69) is 5.10 Å². The molecular weight excluding hydrogens is 225 g/mol. The van der Waals surface area contributed by atoms with Crippen molar-refractivity contribution in [1.29, 1.82) is 5.26 Å². The Labute approximate surface area is 95.3 Å². The number of benzene rings is 1. The van der Waals surface area contributed by atoms with Crippen molar-refractivity contribution in [2.45, 2.75) is 0 Å². The van der Waals surface area contributed by atoms with Crippen LogP contribution in [0.3, 0.4) is 0 Å². The minimum atomic E-state index is -1.13. The number of hydrogen-bond donors (Lipinski definition) is 1. The Hall–Kier alpha value is -2.68. The molecule has 0 aliphatic carbocycles. The lowest BCUT2D eigenvalue weighted by Crippen LogP contribution is -1.99. The third kappa shape index (κ3) is 1.99. The first-order chi connectivity index (χ1) is 8.11. The van der Waals surface area contributed by atoms with Crippen molar-refractivity contribution < 1.29 is 14.3 Å². The van der Waals surface area contributed by atoms with E-state index < -0.39 is 11.8 Å². The Bertz CT molecular complexity index is 628. The number of aromatic carboxylic acids is 1. The van der Waals surface area contributed by atoms with Crippen LogP contribution in [-0.4, -0.2) is 20.9 Å². The molecule has 0 spiro atoms. The van der Waals surface area contributed by atoms with Gasteiger partial charge in [0.15, 0.2) is 0 Å². The summed E-state index contributed by atoms with van der Waals surface area (Å²) in [5.41, 5.74) is 0.252. The van der Waals surface area contributed by atoms with E-state index in [0.717, 1.165) is 16.9 Å². The van der Waals surface area contributed by atoms with Gasteiger partial charge in [-0.1, -0.05) is 0 Å². The van der Waals surface area contributed by atoms with Crippen LogP contribution in [0.1, 0.15) is 15.9 Å². The molecule has 0 unspecified atom stereocenters. The quantitative estimate of drug-likeness (QED) is 0.850. The molecule has 84 valence electrons. The lowest BCUT2D eigenvalue weighted by Gasteiger charge is -2.02. The summed E-state index contributed by atoms with van der Waals surface area (Å²) in [5, 5.41) is 21.0. The molecule has 2 aromatic rings. The molecule has 0 amide bonds. The Morgan fingerprint density at radius 1 is 1.53 bits per heavy atom. The monoisotopic (exact) mass is 231 g/mol. The average Bonchev–Trinajstić information content (AvgIpc) is 2.78. The summed E-state index contributed by atoms with van der Waals surface area (Å²) in [6.07, 6.45) is 2.33. The Morgan fingerprint density at radius 3 is 2.82 bits per heavy atom. The largest absolute Gasteiger partial charge is 0.478 e. The van der Waals surface area contributed by atoms with Gasteiger partial charge in [-0.25, -0.2) is 13.9 Å². The van der Waals surface area contributed by atoms with Crippen LogP contribution in [0.5, 0.6) is 0 Å². The van der Waals surface area contributed by atoms with Crippen molar-refractivity contribution in [2.75, 3.05) is 0 Å². The highest BCUT2D eigenvalue weighted by Gasteiger charge is 2.10. The van der Waals surface area contributed by atoms with E-state index in [0.29, 0.717) is 0 Å². The van der Waals surface area contributed by atoms with E-state index in [1.165, 1.54) is 18.3 Å². The predicted molar refractivity (Wildman–Crippen MR) is 55.2 cm³/mol. The fourth-order valence-corrected chi connectivity index (χ4v) is 1.33. The van der Waals surface area contributed by atoms with Gasteiger partial charge in [-0.3, -0.25) is 0 Å². The van der Waals surface area contributed by atoms with Gasteiger partial charge in [-0.2, -0.15) is 10.4 Å². The SMILES string of the molecule is N#Cc1ccc(-n2cc(C(=O)O)cn2)c(F)c1. The lowest BCUT2D eigenvalue weighted by atomic mass is 10.2. The number of carbonyl (C=O) groups is 1. The van der Waals surface area contributed by atoms with Crippen LogP contribution >= 0.6 is 0 Å². The number of rotatable bonds is 2. The van der Waals surface area contributed by atoms with Crippen molar-refractivity contribution in [3.63, 3.8) is 0 Å². The molecule has 0 bridgehead atoms. The van der Waals surface area contributed by atoms with Crippen LogP contribution < -0.4 is 0 Å². The van der Waals surface area contributed by atoms with Gasteiger partial charge in [-0.05, 0) is 18.2 Å². The number of halogens is 1. The molecule has 0 saturated heterocycles. The van der Waals surface area contributed by atoms with Crippen molar-refractivity contribution in [3.05, 3.63) is 47.5 Å². The second kappa shape index (κ2) is 4.06. The third-order valence-corrected chi connectivity index (χ3v) is 2.15. The third-order valence-electron chi connectivity index (χ3n) is 2.15. The van der Waals surface area contributed by atoms with Gasteiger partial charge in [0.25, 0.3) is 0 Å². The summed E-state index contributed by atoms with van der Waals surface area (Å²) in [6, 6.07) is 5.67. The van der Waals surface area contributed by atoms with Crippen LogP contribution in [0.25, 0.3) is 5.69 Å². The second-order valence-electron chi connectivity index (χ2n) is 3.26. The smallest absolute Gasteiger partial charge is 0.338 e. The van der Waals surface area contributed by atoms with Gasteiger partial charge in [0.05, 0.1) is 23.4 Å². The van der Waals surface area contributed by atoms with E-state index in [-0.39, 0.29) is 16.8 Å². The molecule has 6 heteroatoms. The number of aromatic nitrogens is 2. The van der Waals surface area contributed by atoms with Gasteiger partial charge >= 0.3 is 5.97 Å². The predicted octanol–water partition coefficient (Wildman–Crippen LogP) is 1.58. The molecule has 0 fully saturated rings. The van der Waals surface area contributed by atoms with Gasteiger partial charge in [0.1, 0.15) is 11.5 Å². The van der Waals surface area contributed by atoms with Crippen LogP contribution in [0.2, 0.25) is 0 Å². The highest BCUT2D eigenvalue weighted by atomic mass is 19.1. The maximum atomic E-state index is 13.6. The molecule has 0 radical (unpaired) electrons. The standard InChI is InChI=1S/C11H6FN3O2/c12-9-3-7(4-13)1-2-10(9)15-6-8(5-14-15)11(16)17/h1-3,5-6H,(H,16,17). The van der Waals surface area contributed by atoms with Crippen molar-refractivity contribution in [1.82, 2.24) is 9.78 Å². The van der Waals surface area contributed by atoms with Crippen LogP contribution in [0.4, 0.5) is 4.39 Å². The minimum Gasteiger partial charge on any atom is -0.478 e. The number of nitriles is 1. The molecule has 17 heavy (non-hydrogen) atoms. The molecule has 1 aromatic heterocycles.